The second kappa shape index (κ2) is 7.42. The zero-order valence-corrected chi connectivity index (χ0v) is 14.7. The van der Waals surface area contributed by atoms with E-state index in [0.717, 1.165) is 10.0 Å². The van der Waals surface area contributed by atoms with Crippen molar-refractivity contribution in [2.24, 2.45) is 0 Å². The summed E-state index contributed by atoms with van der Waals surface area (Å²) in [5.74, 6) is -0.618. The molecule has 1 fully saturated rings. The van der Waals surface area contributed by atoms with Gasteiger partial charge in [0, 0.05) is 21.2 Å². The molecule has 1 aliphatic heterocycles. The maximum Gasteiger partial charge on any atom is 0.251 e. The SMILES string of the molecule is CC(NC(=O)c1ccc(Br)c(C2OCCO2)c1)c1ccccc1F. The molecule has 1 saturated heterocycles. The summed E-state index contributed by atoms with van der Waals surface area (Å²) >= 11 is 3.45. The molecule has 0 spiro atoms. The highest BCUT2D eigenvalue weighted by molar-refractivity contribution is 9.10. The molecule has 4 nitrogen and oxygen atoms in total. The van der Waals surface area contributed by atoms with Crippen molar-refractivity contribution in [2.45, 2.75) is 19.3 Å². The Morgan fingerprint density at radius 2 is 1.96 bits per heavy atom. The van der Waals surface area contributed by atoms with Gasteiger partial charge in [-0.2, -0.15) is 0 Å². The van der Waals surface area contributed by atoms with E-state index in [2.05, 4.69) is 21.2 Å². The molecule has 0 radical (unpaired) electrons. The standard InChI is InChI=1S/C18H17BrFNO3/c1-11(13-4-2-3-5-16(13)20)21-17(22)12-6-7-15(19)14(10-12)18-23-8-9-24-18/h2-7,10-11,18H,8-9H2,1H3,(H,21,22). The zero-order valence-electron chi connectivity index (χ0n) is 13.1. The van der Waals surface area contributed by atoms with Crippen LogP contribution in [0, 0.1) is 5.82 Å². The van der Waals surface area contributed by atoms with Gasteiger partial charge in [-0.3, -0.25) is 4.79 Å². The first-order valence-electron chi connectivity index (χ1n) is 7.64. The van der Waals surface area contributed by atoms with E-state index in [4.69, 9.17) is 9.47 Å². The maximum absolute atomic E-state index is 13.8. The van der Waals surface area contributed by atoms with Gasteiger partial charge < -0.3 is 14.8 Å². The Morgan fingerprint density at radius 3 is 2.67 bits per heavy atom. The van der Waals surface area contributed by atoms with Gasteiger partial charge >= 0.3 is 0 Å². The van der Waals surface area contributed by atoms with E-state index < -0.39 is 12.3 Å². The summed E-state index contributed by atoms with van der Waals surface area (Å²) in [6, 6.07) is 11.2. The van der Waals surface area contributed by atoms with Crippen LogP contribution in [0.25, 0.3) is 0 Å². The molecule has 0 bridgehead atoms. The summed E-state index contributed by atoms with van der Waals surface area (Å²) < 4.78 is 25.6. The number of halogens is 2. The van der Waals surface area contributed by atoms with Crippen LogP contribution in [0.3, 0.4) is 0 Å². The van der Waals surface area contributed by atoms with Crippen molar-refractivity contribution in [3.8, 4) is 0 Å². The van der Waals surface area contributed by atoms with Gasteiger partial charge in [-0.15, -0.1) is 0 Å². The van der Waals surface area contributed by atoms with Crippen LogP contribution in [-0.4, -0.2) is 19.1 Å². The first kappa shape index (κ1) is 17.1. The average Bonchev–Trinajstić information content (AvgIpc) is 3.09. The van der Waals surface area contributed by atoms with Crippen molar-refractivity contribution in [2.75, 3.05) is 13.2 Å². The fraction of sp³-hybridized carbons (Fsp3) is 0.278. The predicted octanol–water partition coefficient (Wildman–Crippen LogP) is 4.12. The topological polar surface area (TPSA) is 47.6 Å². The molecule has 3 rings (SSSR count). The van der Waals surface area contributed by atoms with Gasteiger partial charge in [-0.25, -0.2) is 4.39 Å². The number of ether oxygens (including phenoxy) is 2. The first-order chi connectivity index (χ1) is 11.6. The summed E-state index contributed by atoms with van der Waals surface area (Å²) in [6.45, 7) is 2.80. The van der Waals surface area contributed by atoms with Gasteiger partial charge in [0.15, 0.2) is 6.29 Å². The van der Waals surface area contributed by atoms with Gasteiger partial charge in [0.1, 0.15) is 5.82 Å². The monoisotopic (exact) mass is 393 g/mol. The van der Waals surface area contributed by atoms with Crippen LogP contribution in [0.4, 0.5) is 4.39 Å². The third kappa shape index (κ3) is 3.66. The molecule has 1 atom stereocenters. The Hall–Kier alpha value is -1.76. The van der Waals surface area contributed by atoms with Crippen LogP contribution in [0.15, 0.2) is 46.9 Å². The van der Waals surface area contributed by atoms with E-state index in [1.807, 2.05) is 0 Å². The highest BCUT2D eigenvalue weighted by Crippen LogP contribution is 2.30. The number of nitrogens with one attached hydrogen (secondary N) is 1. The van der Waals surface area contributed by atoms with Crippen LogP contribution in [-0.2, 0) is 9.47 Å². The lowest BCUT2D eigenvalue weighted by molar-refractivity contribution is -0.0446. The highest BCUT2D eigenvalue weighted by Gasteiger charge is 2.22. The van der Waals surface area contributed by atoms with Crippen molar-refractivity contribution < 1.29 is 18.7 Å². The van der Waals surface area contributed by atoms with Crippen molar-refractivity contribution in [3.05, 3.63) is 69.4 Å². The quantitative estimate of drug-likeness (QED) is 0.849. The molecule has 1 heterocycles. The largest absolute Gasteiger partial charge is 0.346 e. The van der Waals surface area contributed by atoms with E-state index >= 15 is 0 Å². The van der Waals surface area contributed by atoms with Crippen LogP contribution in [0.5, 0.6) is 0 Å². The molecule has 1 amide bonds. The lowest BCUT2D eigenvalue weighted by Gasteiger charge is -2.17. The van der Waals surface area contributed by atoms with Crippen LogP contribution < -0.4 is 5.32 Å². The maximum atomic E-state index is 13.8. The normalized spacial score (nSPS) is 16.1. The molecular weight excluding hydrogens is 377 g/mol. The van der Waals surface area contributed by atoms with E-state index in [1.165, 1.54) is 6.07 Å². The Bertz CT molecular complexity index is 747. The Balaban J connectivity index is 1.77. The smallest absolute Gasteiger partial charge is 0.251 e. The third-order valence-electron chi connectivity index (χ3n) is 3.85. The molecule has 24 heavy (non-hydrogen) atoms. The zero-order chi connectivity index (χ0) is 17.1. The minimum absolute atomic E-state index is 0.280. The van der Waals surface area contributed by atoms with E-state index in [0.29, 0.717) is 24.3 Å². The number of amides is 1. The number of hydrogen-bond donors (Lipinski definition) is 1. The first-order valence-corrected chi connectivity index (χ1v) is 8.43. The number of hydrogen-bond acceptors (Lipinski definition) is 3. The molecule has 2 aromatic carbocycles. The van der Waals surface area contributed by atoms with Crippen molar-refractivity contribution in [3.63, 3.8) is 0 Å². The summed E-state index contributed by atoms with van der Waals surface area (Å²) in [4.78, 5) is 12.5. The number of carbonyl (C=O) groups is 1. The van der Waals surface area contributed by atoms with Crippen molar-refractivity contribution >= 4 is 21.8 Å². The van der Waals surface area contributed by atoms with Crippen molar-refractivity contribution in [1.82, 2.24) is 5.32 Å². The number of rotatable bonds is 4. The number of carbonyl (C=O) groups excluding carboxylic acids is 1. The molecule has 0 aromatic heterocycles. The summed E-state index contributed by atoms with van der Waals surface area (Å²) in [5.41, 5.74) is 1.68. The molecule has 0 aliphatic carbocycles. The van der Waals surface area contributed by atoms with Gasteiger partial charge in [-0.05, 0) is 31.2 Å². The molecular formula is C18H17BrFNO3. The molecule has 2 aromatic rings. The molecule has 6 heteroatoms. The van der Waals surface area contributed by atoms with Gasteiger partial charge in [0.05, 0.1) is 19.3 Å². The minimum Gasteiger partial charge on any atom is -0.346 e. The van der Waals surface area contributed by atoms with Crippen LogP contribution >= 0.6 is 15.9 Å². The Morgan fingerprint density at radius 1 is 1.25 bits per heavy atom. The molecule has 0 saturated carbocycles. The fourth-order valence-corrected chi connectivity index (χ4v) is 3.02. The summed E-state index contributed by atoms with van der Waals surface area (Å²) in [5, 5.41) is 2.81. The van der Waals surface area contributed by atoms with Gasteiger partial charge in [0.25, 0.3) is 5.91 Å². The second-order valence-corrected chi connectivity index (χ2v) is 6.38. The predicted molar refractivity (Wildman–Crippen MR) is 91.1 cm³/mol. The second-order valence-electron chi connectivity index (χ2n) is 5.53. The number of benzene rings is 2. The molecule has 1 unspecified atom stereocenters. The van der Waals surface area contributed by atoms with Crippen molar-refractivity contribution in [1.29, 1.82) is 0 Å². The summed E-state index contributed by atoms with van der Waals surface area (Å²) in [7, 11) is 0. The minimum atomic E-state index is -0.476. The van der Waals surface area contributed by atoms with E-state index in [1.54, 1.807) is 43.3 Å². The summed E-state index contributed by atoms with van der Waals surface area (Å²) in [6.07, 6.45) is -0.476. The Labute approximate surface area is 148 Å². The van der Waals surface area contributed by atoms with E-state index in [9.17, 15) is 9.18 Å². The van der Waals surface area contributed by atoms with E-state index in [-0.39, 0.29) is 11.7 Å². The Kier molecular flexibility index (Phi) is 5.28. The lowest BCUT2D eigenvalue weighted by Crippen LogP contribution is -2.27. The van der Waals surface area contributed by atoms with Crippen LogP contribution in [0.2, 0.25) is 0 Å². The van der Waals surface area contributed by atoms with Crippen LogP contribution in [0.1, 0.15) is 40.7 Å². The lowest BCUT2D eigenvalue weighted by atomic mass is 10.1. The average molecular weight is 394 g/mol. The van der Waals surface area contributed by atoms with Gasteiger partial charge in [0.2, 0.25) is 0 Å². The molecule has 126 valence electrons. The van der Waals surface area contributed by atoms with Gasteiger partial charge in [-0.1, -0.05) is 34.1 Å². The third-order valence-corrected chi connectivity index (χ3v) is 4.58. The molecule has 1 aliphatic rings. The highest BCUT2D eigenvalue weighted by atomic mass is 79.9. The molecule has 1 N–H and O–H groups in total. The fourth-order valence-electron chi connectivity index (χ4n) is 2.59.